The number of hydrogen-bond donors (Lipinski definition) is 0. The Kier molecular flexibility index (Phi) is 7.30. The molecule has 1 fully saturated rings. The highest BCUT2D eigenvalue weighted by atomic mass is 31.2. The van der Waals surface area contributed by atoms with Crippen LogP contribution in [0.1, 0.15) is 41.5 Å². The fraction of sp³-hybridized carbons (Fsp3) is 0.667. The standard InChI is InChI=1S/C18H30BO5P/c1-7-21-25(22-8-2)13-12-20-16-11-9-10-15(14-16)19-23-17(3,4)18(5,6)24-19/h9-11,14H,7-8,12-13H2,1-6H3. The molecule has 25 heavy (non-hydrogen) atoms. The molecule has 2 rings (SSSR count). The molecule has 1 aliphatic heterocycles. The van der Waals surface area contributed by atoms with Gasteiger partial charge in [-0.25, -0.2) is 0 Å². The Morgan fingerprint density at radius 3 is 2.16 bits per heavy atom. The van der Waals surface area contributed by atoms with E-state index in [1.54, 1.807) is 0 Å². The van der Waals surface area contributed by atoms with E-state index in [0.29, 0.717) is 19.8 Å². The molecule has 0 aliphatic carbocycles. The summed E-state index contributed by atoms with van der Waals surface area (Å²) < 4.78 is 29.3. The van der Waals surface area contributed by atoms with Crippen molar-refractivity contribution in [1.82, 2.24) is 0 Å². The molecular weight excluding hydrogens is 338 g/mol. The average molecular weight is 368 g/mol. The Balaban J connectivity index is 1.93. The minimum Gasteiger partial charge on any atom is -0.493 e. The topological polar surface area (TPSA) is 46.2 Å². The first-order valence-electron chi connectivity index (χ1n) is 8.91. The van der Waals surface area contributed by atoms with E-state index in [0.717, 1.165) is 17.4 Å². The molecule has 0 bridgehead atoms. The smallest absolute Gasteiger partial charge is 0.493 e. The van der Waals surface area contributed by atoms with Crippen LogP contribution in [0, 0.1) is 0 Å². The van der Waals surface area contributed by atoms with E-state index >= 15 is 0 Å². The number of ether oxygens (including phenoxy) is 1. The van der Waals surface area contributed by atoms with Crippen molar-refractivity contribution in [2.75, 3.05) is 26.0 Å². The third-order valence-corrected chi connectivity index (χ3v) is 6.11. The van der Waals surface area contributed by atoms with E-state index in [9.17, 15) is 0 Å². The zero-order valence-electron chi connectivity index (χ0n) is 16.2. The maximum atomic E-state index is 6.10. The molecule has 1 saturated heterocycles. The van der Waals surface area contributed by atoms with Gasteiger partial charge in [0.1, 0.15) is 5.75 Å². The van der Waals surface area contributed by atoms with E-state index in [4.69, 9.17) is 23.1 Å². The predicted molar refractivity (Wildman–Crippen MR) is 103 cm³/mol. The Morgan fingerprint density at radius 2 is 1.60 bits per heavy atom. The van der Waals surface area contributed by atoms with Gasteiger partial charge < -0.3 is 23.1 Å². The first-order chi connectivity index (χ1) is 11.8. The van der Waals surface area contributed by atoms with Crippen molar-refractivity contribution in [3.63, 3.8) is 0 Å². The lowest BCUT2D eigenvalue weighted by Crippen LogP contribution is -2.41. The summed E-state index contributed by atoms with van der Waals surface area (Å²) in [7, 11) is -1.25. The molecular formula is C18H30BO5P. The van der Waals surface area contributed by atoms with E-state index in [1.165, 1.54) is 0 Å². The van der Waals surface area contributed by atoms with Crippen molar-refractivity contribution >= 4 is 21.0 Å². The molecule has 1 aromatic carbocycles. The third kappa shape index (κ3) is 5.41. The molecule has 140 valence electrons. The summed E-state index contributed by atoms with van der Waals surface area (Å²) >= 11 is 0. The van der Waals surface area contributed by atoms with Crippen LogP contribution in [0.15, 0.2) is 24.3 Å². The van der Waals surface area contributed by atoms with Gasteiger partial charge in [0.25, 0.3) is 0 Å². The van der Waals surface area contributed by atoms with E-state index in [-0.39, 0.29) is 18.3 Å². The fourth-order valence-corrected chi connectivity index (χ4v) is 3.57. The van der Waals surface area contributed by atoms with Crippen LogP contribution >= 0.6 is 8.38 Å². The second-order valence-electron chi connectivity index (χ2n) is 6.90. The predicted octanol–water partition coefficient (Wildman–Crippen LogP) is 3.75. The lowest BCUT2D eigenvalue weighted by molar-refractivity contribution is 0.00578. The minimum absolute atomic E-state index is 0.348. The third-order valence-electron chi connectivity index (χ3n) is 4.47. The van der Waals surface area contributed by atoms with Crippen molar-refractivity contribution in [2.45, 2.75) is 52.7 Å². The van der Waals surface area contributed by atoms with Crippen LogP contribution in [0.3, 0.4) is 0 Å². The van der Waals surface area contributed by atoms with Crippen molar-refractivity contribution < 1.29 is 23.1 Å². The molecule has 0 unspecified atom stereocenters. The zero-order valence-corrected chi connectivity index (χ0v) is 17.1. The van der Waals surface area contributed by atoms with E-state index in [2.05, 4.69) is 27.7 Å². The highest BCUT2D eigenvalue weighted by Gasteiger charge is 2.51. The Morgan fingerprint density at radius 1 is 1.00 bits per heavy atom. The summed E-state index contributed by atoms with van der Waals surface area (Å²) in [5, 5.41) is 0. The molecule has 0 radical (unpaired) electrons. The van der Waals surface area contributed by atoms with Crippen LogP contribution in [0.5, 0.6) is 5.75 Å². The van der Waals surface area contributed by atoms with Crippen LogP contribution in [0.25, 0.3) is 0 Å². The molecule has 0 atom stereocenters. The fourth-order valence-electron chi connectivity index (χ4n) is 2.42. The first-order valence-corrected chi connectivity index (χ1v) is 10.3. The molecule has 1 aromatic rings. The highest BCUT2D eigenvalue weighted by Crippen LogP contribution is 2.38. The second-order valence-corrected chi connectivity index (χ2v) is 8.53. The largest absolute Gasteiger partial charge is 0.494 e. The molecule has 5 nitrogen and oxygen atoms in total. The SMILES string of the molecule is CCOP(CCOc1cccc(B2OC(C)(C)C(C)(C)O2)c1)OCC. The Bertz CT molecular complexity index is 530. The summed E-state index contributed by atoms with van der Waals surface area (Å²) in [6.45, 7) is 14.0. The van der Waals surface area contributed by atoms with Gasteiger partial charge in [0.05, 0.1) is 37.2 Å². The second kappa shape index (κ2) is 8.83. The maximum Gasteiger partial charge on any atom is 0.494 e. The molecule has 0 spiro atoms. The Hall–Kier alpha value is -0.645. The van der Waals surface area contributed by atoms with Gasteiger partial charge in [-0.15, -0.1) is 0 Å². The van der Waals surface area contributed by atoms with Crippen LogP contribution in [-0.4, -0.2) is 44.3 Å². The average Bonchev–Trinajstić information content (AvgIpc) is 2.76. The van der Waals surface area contributed by atoms with Gasteiger partial charge in [-0.1, -0.05) is 12.1 Å². The lowest BCUT2D eigenvalue weighted by atomic mass is 9.79. The molecule has 0 saturated carbocycles. The van der Waals surface area contributed by atoms with Crippen molar-refractivity contribution in [2.24, 2.45) is 0 Å². The summed E-state index contributed by atoms with van der Waals surface area (Å²) in [5.41, 5.74) is 0.270. The lowest BCUT2D eigenvalue weighted by Gasteiger charge is -2.32. The van der Waals surface area contributed by atoms with Crippen molar-refractivity contribution in [1.29, 1.82) is 0 Å². The van der Waals surface area contributed by atoms with Gasteiger partial charge >= 0.3 is 7.12 Å². The van der Waals surface area contributed by atoms with Gasteiger partial charge in [-0.2, -0.15) is 0 Å². The quantitative estimate of drug-likeness (QED) is 0.491. The zero-order chi connectivity index (χ0) is 18.5. The normalized spacial score (nSPS) is 18.8. The molecule has 1 heterocycles. The number of hydrogen-bond acceptors (Lipinski definition) is 5. The van der Waals surface area contributed by atoms with Crippen molar-refractivity contribution in [3.05, 3.63) is 24.3 Å². The summed E-state index contributed by atoms with van der Waals surface area (Å²) in [4.78, 5) is 0. The molecule has 0 N–H and O–H groups in total. The molecule has 1 aliphatic rings. The number of benzene rings is 1. The van der Waals surface area contributed by atoms with Crippen LogP contribution < -0.4 is 10.2 Å². The van der Waals surface area contributed by atoms with Crippen LogP contribution in [0.2, 0.25) is 0 Å². The maximum absolute atomic E-state index is 6.10. The molecule has 0 aromatic heterocycles. The van der Waals surface area contributed by atoms with Crippen molar-refractivity contribution in [3.8, 4) is 5.75 Å². The van der Waals surface area contributed by atoms with Gasteiger partial charge in [0.15, 0.2) is 8.38 Å². The first kappa shape index (κ1) is 20.7. The van der Waals surface area contributed by atoms with Crippen LogP contribution in [0.4, 0.5) is 0 Å². The number of rotatable bonds is 9. The monoisotopic (exact) mass is 368 g/mol. The minimum atomic E-state index is -0.873. The highest BCUT2D eigenvalue weighted by molar-refractivity contribution is 7.47. The van der Waals surface area contributed by atoms with Gasteiger partial charge in [-0.05, 0) is 59.1 Å². The van der Waals surface area contributed by atoms with Gasteiger partial charge in [0.2, 0.25) is 0 Å². The summed E-state index contributed by atoms with van der Waals surface area (Å²) in [6, 6.07) is 7.88. The summed E-state index contributed by atoms with van der Waals surface area (Å²) in [5.74, 6) is 0.801. The molecule has 0 amide bonds. The Labute approximate surface area is 153 Å². The van der Waals surface area contributed by atoms with Gasteiger partial charge in [-0.3, -0.25) is 0 Å². The molecule has 7 heteroatoms. The van der Waals surface area contributed by atoms with Gasteiger partial charge in [0, 0.05) is 0 Å². The van der Waals surface area contributed by atoms with E-state index in [1.807, 2.05) is 38.1 Å². The van der Waals surface area contributed by atoms with Crippen LogP contribution in [-0.2, 0) is 18.4 Å². The van der Waals surface area contributed by atoms with E-state index < -0.39 is 8.38 Å². The summed E-state index contributed by atoms with van der Waals surface area (Å²) in [6.07, 6.45) is 0.748.